The summed E-state index contributed by atoms with van der Waals surface area (Å²) >= 11 is 1.35. The van der Waals surface area contributed by atoms with Crippen molar-refractivity contribution in [1.29, 1.82) is 0 Å². The SMILES string of the molecule is C=CCn1c(SCC(=O)Nc2ccc(S(=O)(=O)N(CC)CC)cc2)nc2ccccc21. The summed E-state index contributed by atoms with van der Waals surface area (Å²) in [5, 5.41) is 3.56. The van der Waals surface area contributed by atoms with Crippen LogP contribution in [-0.2, 0) is 21.4 Å². The normalized spacial score (nSPS) is 11.7. The number of carbonyl (C=O) groups excluding carboxylic acids is 1. The molecule has 3 rings (SSSR count). The molecule has 0 aliphatic carbocycles. The number of hydrogen-bond donors (Lipinski definition) is 1. The fourth-order valence-electron chi connectivity index (χ4n) is 3.22. The number of nitrogens with zero attached hydrogens (tertiary/aromatic N) is 3. The lowest BCUT2D eigenvalue weighted by Gasteiger charge is -2.18. The highest BCUT2D eigenvalue weighted by atomic mass is 32.2. The van der Waals surface area contributed by atoms with Crippen LogP contribution in [0.1, 0.15) is 13.8 Å². The van der Waals surface area contributed by atoms with E-state index in [-0.39, 0.29) is 16.6 Å². The van der Waals surface area contributed by atoms with Crippen molar-refractivity contribution in [2.24, 2.45) is 0 Å². The molecule has 0 saturated heterocycles. The van der Waals surface area contributed by atoms with Crippen LogP contribution in [0.3, 0.4) is 0 Å². The average Bonchev–Trinajstić information content (AvgIpc) is 3.11. The largest absolute Gasteiger partial charge is 0.325 e. The number of aromatic nitrogens is 2. The molecule has 0 unspecified atom stereocenters. The molecule has 3 aromatic rings. The maximum absolute atomic E-state index is 12.6. The first kappa shape index (κ1) is 23.1. The number of hydrogen-bond acceptors (Lipinski definition) is 5. The number of thioether (sulfide) groups is 1. The van der Waals surface area contributed by atoms with Crippen LogP contribution in [0.25, 0.3) is 11.0 Å². The van der Waals surface area contributed by atoms with Crippen molar-refractivity contribution in [2.75, 3.05) is 24.2 Å². The molecule has 0 saturated carbocycles. The quantitative estimate of drug-likeness (QED) is 0.367. The molecule has 0 bridgehead atoms. The molecule has 0 spiro atoms. The Hall–Kier alpha value is -2.62. The number of nitrogens with one attached hydrogen (secondary N) is 1. The van der Waals surface area contributed by atoms with Crippen LogP contribution in [0.4, 0.5) is 5.69 Å². The summed E-state index contributed by atoms with van der Waals surface area (Å²) in [5.41, 5.74) is 2.41. The zero-order chi connectivity index (χ0) is 22.4. The van der Waals surface area contributed by atoms with E-state index in [1.165, 1.54) is 28.2 Å². The summed E-state index contributed by atoms with van der Waals surface area (Å²) in [6.07, 6.45) is 1.80. The van der Waals surface area contributed by atoms with Gasteiger partial charge in [-0.1, -0.05) is 43.8 Å². The predicted octanol–water partition coefficient (Wildman–Crippen LogP) is 3.98. The molecule has 2 aromatic carbocycles. The number of anilines is 1. The number of amides is 1. The van der Waals surface area contributed by atoms with E-state index in [4.69, 9.17) is 0 Å². The molecule has 31 heavy (non-hydrogen) atoms. The van der Waals surface area contributed by atoms with Gasteiger partial charge in [-0.2, -0.15) is 4.31 Å². The molecule has 0 aliphatic rings. The summed E-state index contributed by atoms with van der Waals surface area (Å²) in [7, 11) is -3.52. The van der Waals surface area contributed by atoms with Crippen LogP contribution in [0.15, 0.2) is 71.2 Å². The lowest BCUT2D eigenvalue weighted by Crippen LogP contribution is -2.30. The Balaban J connectivity index is 1.66. The van der Waals surface area contributed by atoms with Crippen molar-refractivity contribution < 1.29 is 13.2 Å². The number of allylic oxidation sites excluding steroid dienone is 1. The van der Waals surface area contributed by atoms with Crippen molar-refractivity contribution in [3.8, 4) is 0 Å². The van der Waals surface area contributed by atoms with Gasteiger partial charge in [0.1, 0.15) is 0 Å². The summed E-state index contributed by atoms with van der Waals surface area (Å²) < 4.78 is 28.5. The van der Waals surface area contributed by atoms with Crippen LogP contribution in [0.5, 0.6) is 0 Å². The topological polar surface area (TPSA) is 84.3 Å². The van der Waals surface area contributed by atoms with Gasteiger partial charge in [0.05, 0.1) is 21.7 Å². The summed E-state index contributed by atoms with van der Waals surface area (Å²) in [6, 6.07) is 14.0. The number of imidazole rings is 1. The second kappa shape index (κ2) is 10.1. The van der Waals surface area contributed by atoms with E-state index in [1.54, 1.807) is 32.1 Å². The molecule has 9 heteroatoms. The van der Waals surface area contributed by atoms with Crippen LogP contribution >= 0.6 is 11.8 Å². The Kier molecular flexibility index (Phi) is 7.53. The third kappa shape index (κ3) is 5.17. The van der Waals surface area contributed by atoms with Crippen LogP contribution in [0, 0.1) is 0 Å². The standard InChI is InChI=1S/C22H26N4O3S2/c1-4-15-26-20-10-8-7-9-19(20)24-22(26)30-16-21(27)23-17-11-13-18(14-12-17)31(28,29)25(5-2)6-3/h4,7-14H,1,5-6,15-16H2,2-3H3,(H,23,27). The lowest BCUT2D eigenvalue weighted by molar-refractivity contribution is -0.113. The Morgan fingerprint density at radius 1 is 1.16 bits per heavy atom. The fourth-order valence-corrected chi connectivity index (χ4v) is 5.50. The molecule has 0 aliphatic heterocycles. The molecule has 1 aromatic heterocycles. The molecular weight excluding hydrogens is 432 g/mol. The lowest BCUT2D eigenvalue weighted by atomic mass is 10.3. The fraction of sp³-hybridized carbons (Fsp3) is 0.273. The van der Waals surface area contributed by atoms with Gasteiger partial charge in [-0.25, -0.2) is 13.4 Å². The Labute approximate surface area is 187 Å². The number of benzene rings is 2. The second-order valence-electron chi connectivity index (χ2n) is 6.73. The maximum atomic E-state index is 12.6. The molecular formula is C22H26N4O3S2. The highest BCUT2D eigenvalue weighted by molar-refractivity contribution is 7.99. The van der Waals surface area contributed by atoms with E-state index in [0.717, 1.165) is 16.2 Å². The first-order valence-electron chi connectivity index (χ1n) is 9.99. The summed E-state index contributed by atoms with van der Waals surface area (Å²) in [6.45, 7) is 8.82. The van der Waals surface area contributed by atoms with Crippen molar-refractivity contribution in [2.45, 2.75) is 30.4 Å². The van der Waals surface area contributed by atoms with E-state index in [1.807, 2.05) is 28.8 Å². The zero-order valence-corrected chi connectivity index (χ0v) is 19.2. The van der Waals surface area contributed by atoms with Gasteiger partial charge in [0.15, 0.2) is 5.16 Å². The molecule has 0 atom stereocenters. The van der Waals surface area contributed by atoms with Gasteiger partial charge in [-0.05, 0) is 36.4 Å². The molecule has 7 nitrogen and oxygen atoms in total. The zero-order valence-electron chi connectivity index (χ0n) is 17.6. The summed E-state index contributed by atoms with van der Waals surface area (Å²) in [4.78, 5) is 17.3. The van der Waals surface area contributed by atoms with Gasteiger partial charge in [-0.3, -0.25) is 4.79 Å². The predicted molar refractivity (Wildman–Crippen MR) is 126 cm³/mol. The molecule has 1 heterocycles. The second-order valence-corrected chi connectivity index (χ2v) is 9.61. The van der Waals surface area contributed by atoms with Gasteiger partial charge < -0.3 is 9.88 Å². The van der Waals surface area contributed by atoms with Gasteiger partial charge in [-0.15, -0.1) is 6.58 Å². The van der Waals surface area contributed by atoms with Crippen molar-refractivity contribution in [3.63, 3.8) is 0 Å². The third-order valence-electron chi connectivity index (χ3n) is 4.74. The van der Waals surface area contributed by atoms with Crippen molar-refractivity contribution in [1.82, 2.24) is 13.9 Å². The van der Waals surface area contributed by atoms with Crippen LogP contribution in [-0.4, -0.2) is 47.0 Å². The third-order valence-corrected chi connectivity index (χ3v) is 7.79. The highest BCUT2D eigenvalue weighted by Crippen LogP contribution is 2.24. The van der Waals surface area contributed by atoms with Crippen LogP contribution in [0.2, 0.25) is 0 Å². The minimum absolute atomic E-state index is 0.181. The van der Waals surface area contributed by atoms with Gasteiger partial charge >= 0.3 is 0 Å². The molecule has 1 N–H and O–H groups in total. The number of rotatable bonds is 10. The van der Waals surface area contributed by atoms with Crippen molar-refractivity contribution in [3.05, 3.63) is 61.2 Å². The first-order valence-corrected chi connectivity index (χ1v) is 12.4. The maximum Gasteiger partial charge on any atom is 0.243 e. The number of sulfonamides is 1. The number of fused-ring (bicyclic) bond motifs is 1. The molecule has 0 radical (unpaired) electrons. The number of carbonyl (C=O) groups is 1. The smallest absolute Gasteiger partial charge is 0.243 e. The minimum Gasteiger partial charge on any atom is -0.325 e. The minimum atomic E-state index is -3.52. The number of para-hydroxylation sites is 2. The van der Waals surface area contributed by atoms with E-state index in [9.17, 15) is 13.2 Å². The highest BCUT2D eigenvalue weighted by Gasteiger charge is 2.21. The van der Waals surface area contributed by atoms with E-state index >= 15 is 0 Å². The molecule has 1 amide bonds. The van der Waals surface area contributed by atoms with Crippen molar-refractivity contribution >= 4 is 44.4 Å². The Morgan fingerprint density at radius 3 is 2.48 bits per heavy atom. The van der Waals surface area contributed by atoms with E-state index in [2.05, 4.69) is 16.9 Å². The van der Waals surface area contributed by atoms with Gasteiger partial charge in [0, 0.05) is 25.3 Å². The van der Waals surface area contributed by atoms with Crippen LogP contribution < -0.4 is 5.32 Å². The Morgan fingerprint density at radius 2 is 1.84 bits per heavy atom. The summed E-state index contributed by atoms with van der Waals surface area (Å²) in [5.74, 6) is -0.0125. The van der Waals surface area contributed by atoms with E-state index in [0.29, 0.717) is 25.3 Å². The van der Waals surface area contributed by atoms with Gasteiger partial charge in [0.2, 0.25) is 15.9 Å². The molecule has 0 fully saturated rings. The van der Waals surface area contributed by atoms with E-state index < -0.39 is 10.0 Å². The Bertz CT molecular complexity index is 1170. The average molecular weight is 459 g/mol. The first-order chi connectivity index (χ1) is 14.9. The molecule has 164 valence electrons. The monoisotopic (exact) mass is 458 g/mol. The van der Waals surface area contributed by atoms with Gasteiger partial charge in [0.25, 0.3) is 0 Å².